The van der Waals surface area contributed by atoms with Gasteiger partial charge in [-0.3, -0.25) is 24.7 Å². The van der Waals surface area contributed by atoms with Crippen molar-refractivity contribution in [2.45, 2.75) is 12.5 Å². The van der Waals surface area contributed by atoms with Gasteiger partial charge in [-0.15, -0.1) is 0 Å². The minimum atomic E-state index is -1.62. The molecule has 1 heterocycles. The van der Waals surface area contributed by atoms with Gasteiger partial charge in [0.2, 0.25) is 5.91 Å². The Hall–Kier alpha value is -3.34. The number of amides is 3. The molecule has 2 aromatic rings. The van der Waals surface area contributed by atoms with Crippen LogP contribution >= 0.6 is 11.6 Å². The van der Waals surface area contributed by atoms with Gasteiger partial charge in [0.15, 0.2) is 5.54 Å². The van der Waals surface area contributed by atoms with E-state index in [1.807, 2.05) is 19.0 Å². The van der Waals surface area contributed by atoms with E-state index < -0.39 is 29.1 Å². The second-order valence-corrected chi connectivity index (χ2v) is 8.53. The molecule has 2 aromatic carbocycles. The van der Waals surface area contributed by atoms with Crippen molar-refractivity contribution in [1.82, 2.24) is 15.5 Å². The molecule has 3 rings (SSSR count). The van der Waals surface area contributed by atoms with Crippen LogP contribution in [-0.2, 0) is 15.1 Å². The number of benzene rings is 2. The van der Waals surface area contributed by atoms with Crippen LogP contribution in [0, 0.1) is 12.7 Å². The van der Waals surface area contributed by atoms with Gasteiger partial charge in [0, 0.05) is 18.8 Å². The minimum absolute atomic E-state index is 0.0178. The standard InChI is InChI=1S/C23H26ClFN6O3/c1-13-10-14(4-7-18(13)30-20(32)16-6-5-15(25)11-17(16)24)23(22(26)34)19(28-12-29-23)21(33)27-8-9-31(2)3/h4-7,10-11,29H,8-9,12H2,1-3H3,(H2,26,34)(H,27,33)(H,30,32). The van der Waals surface area contributed by atoms with Gasteiger partial charge < -0.3 is 21.3 Å². The molecule has 0 bridgehead atoms. The van der Waals surface area contributed by atoms with Crippen molar-refractivity contribution in [3.63, 3.8) is 0 Å². The molecule has 0 fully saturated rings. The Labute approximate surface area is 201 Å². The number of aryl methyl sites for hydroxylation is 1. The highest BCUT2D eigenvalue weighted by Crippen LogP contribution is 2.30. The SMILES string of the molecule is Cc1cc(C2(C(N)=O)NCN=C2C(=O)NCCN(C)C)ccc1NC(=O)c1ccc(F)cc1Cl. The molecule has 9 nitrogen and oxygen atoms in total. The number of primary amides is 1. The summed E-state index contributed by atoms with van der Waals surface area (Å²) < 4.78 is 13.3. The Balaban J connectivity index is 1.87. The van der Waals surface area contributed by atoms with Crippen LogP contribution in [-0.4, -0.2) is 62.2 Å². The van der Waals surface area contributed by atoms with Crippen molar-refractivity contribution in [1.29, 1.82) is 0 Å². The van der Waals surface area contributed by atoms with Crippen LogP contribution in [0.2, 0.25) is 5.02 Å². The Morgan fingerprint density at radius 2 is 1.94 bits per heavy atom. The molecule has 1 unspecified atom stereocenters. The van der Waals surface area contributed by atoms with Crippen LogP contribution in [0.4, 0.5) is 10.1 Å². The molecule has 0 aromatic heterocycles. The van der Waals surface area contributed by atoms with Gasteiger partial charge in [-0.05, 0) is 56.4 Å². The maximum atomic E-state index is 13.3. The molecular formula is C23H26ClFN6O3. The summed E-state index contributed by atoms with van der Waals surface area (Å²) in [5.74, 6) is -2.34. The molecule has 1 aliphatic heterocycles. The zero-order chi connectivity index (χ0) is 25.0. The summed E-state index contributed by atoms with van der Waals surface area (Å²) in [5.41, 5.74) is 5.69. The van der Waals surface area contributed by atoms with E-state index in [9.17, 15) is 18.8 Å². The van der Waals surface area contributed by atoms with Crippen molar-refractivity contribution < 1.29 is 18.8 Å². The summed E-state index contributed by atoms with van der Waals surface area (Å²) in [6.07, 6.45) is 0. The fourth-order valence-corrected chi connectivity index (χ4v) is 3.90. The molecule has 0 saturated carbocycles. The number of nitrogens with two attached hydrogens (primary N) is 1. The Bertz CT molecular complexity index is 1170. The predicted molar refractivity (Wildman–Crippen MR) is 128 cm³/mol. The van der Waals surface area contributed by atoms with Gasteiger partial charge in [0.05, 0.1) is 17.3 Å². The summed E-state index contributed by atoms with van der Waals surface area (Å²) in [5, 5.41) is 8.42. The average molecular weight is 489 g/mol. The van der Waals surface area contributed by atoms with Crippen molar-refractivity contribution in [3.05, 3.63) is 63.9 Å². The number of likely N-dealkylation sites (N-methyl/N-ethyl adjacent to an activating group) is 1. The number of aliphatic imine (C=N–C) groups is 1. The Morgan fingerprint density at radius 3 is 2.56 bits per heavy atom. The van der Waals surface area contributed by atoms with E-state index in [1.54, 1.807) is 25.1 Å². The number of carbonyl (C=O) groups is 3. The van der Waals surface area contributed by atoms with E-state index in [4.69, 9.17) is 17.3 Å². The summed E-state index contributed by atoms with van der Waals surface area (Å²) >= 11 is 5.98. The van der Waals surface area contributed by atoms with E-state index >= 15 is 0 Å². The Kier molecular flexibility index (Phi) is 7.65. The highest BCUT2D eigenvalue weighted by atomic mass is 35.5. The van der Waals surface area contributed by atoms with Crippen LogP contribution in [0.1, 0.15) is 21.5 Å². The topological polar surface area (TPSA) is 129 Å². The number of anilines is 1. The molecule has 0 radical (unpaired) electrons. The van der Waals surface area contributed by atoms with Gasteiger partial charge in [0.1, 0.15) is 11.5 Å². The molecule has 5 N–H and O–H groups in total. The molecule has 34 heavy (non-hydrogen) atoms. The number of halogens is 2. The Morgan fingerprint density at radius 1 is 1.21 bits per heavy atom. The first-order chi connectivity index (χ1) is 16.1. The van der Waals surface area contributed by atoms with Crippen LogP contribution in [0.3, 0.4) is 0 Å². The lowest BCUT2D eigenvalue weighted by Gasteiger charge is -2.28. The van der Waals surface area contributed by atoms with Gasteiger partial charge in [-0.2, -0.15) is 0 Å². The zero-order valence-corrected chi connectivity index (χ0v) is 19.8. The maximum absolute atomic E-state index is 13.3. The van der Waals surface area contributed by atoms with Gasteiger partial charge in [0.25, 0.3) is 11.8 Å². The summed E-state index contributed by atoms with van der Waals surface area (Å²) in [4.78, 5) is 44.2. The molecule has 0 spiro atoms. The fraction of sp³-hybridized carbons (Fsp3) is 0.304. The van der Waals surface area contributed by atoms with Gasteiger partial charge in [-0.1, -0.05) is 23.7 Å². The van der Waals surface area contributed by atoms with Crippen molar-refractivity contribution >= 4 is 40.7 Å². The van der Waals surface area contributed by atoms with Crippen LogP contribution in [0.25, 0.3) is 0 Å². The summed E-state index contributed by atoms with van der Waals surface area (Å²) in [7, 11) is 3.75. The first-order valence-electron chi connectivity index (χ1n) is 10.5. The number of hydrogen-bond donors (Lipinski definition) is 4. The van der Waals surface area contributed by atoms with E-state index in [1.165, 1.54) is 6.07 Å². The monoisotopic (exact) mass is 488 g/mol. The maximum Gasteiger partial charge on any atom is 0.268 e. The van der Waals surface area contributed by atoms with Crippen LogP contribution in [0.5, 0.6) is 0 Å². The average Bonchev–Trinajstić information content (AvgIpc) is 3.21. The number of rotatable bonds is 8. The highest BCUT2D eigenvalue weighted by molar-refractivity contribution is 6.47. The van der Waals surface area contributed by atoms with Crippen LogP contribution < -0.4 is 21.7 Å². The van der Waals surface area contributed by atoms with Crippen molar-refractivity contribution in [2.24, 2.45) is 10.7 Å². The van der Waals surface area contributed by atoms with E-state index in [0.717, 1.165) is 12.1 Å². The van der Waals surface area contributed by atoms with Crippen molar-refractivity contribution in [3.8, 4) is 0 Å². The smallest absolute Gasteiger partial charge is 0.268 e. The zero-order valence-electron chi connectivity index (χ0n) is 19.0. The third kappa shape index (κ3) is 5.09. The lowest BCUT2D eigenvalue weighted by atomic mass is 9.83. The molecule has 0 aliphatic carbocycles. The molecule has 1 atom stereocenters. The van der Waals surface area contributed by atoms with Gasteiger partial charge >= 0.3 is 0 Å². The second kappa shape index (κ2) is 10.3. The second-order valence-electron chi connectivity index (χ2n) is 8.12. The lowest BCUT2D eigenvalue weighted by Crippen LogP contribution is -2.58. The number of hydrogen-bond acceptors (Lipinski definition) is 6. The van der Waals surface area contributed by atoms with E-state index in [0.29, 0.717) is 29.9 Å². The molecule has 3 amide bonds. The third-order valence-electron chi connectivity index (χ3n) is 5.45. The molecule has 1 aliphatic rings. The van der Waals surface area contributed by atoms with E-state index in [-0.39, 0.29) is 23.0 Å². The first kappa shape index (κ1) is 25.3. The van der Waals surface area contributed by atoms with Gasteiger partial charge in [-0.25, -0.2) is 4.39 Å². The normalized spacial score (nSPS) is 17.4. The summed E-state index contributed by atoms with van der Waals surface area (Å²) in [6.45, 7) is 2.75. The lowest BCUT2D eigenvalue weighted by molar-refractivity contribution is -0.123. The minimum Gasteiger partial charge on any atom is -0.367 e. The van der Waals surface area contributed by atoms with Crippen molar-refractivity contribution in [2.75, 3.05) is 39.2 Å². The molecular weight excluding hydrogens is 463 g/mol. The predicted octanol–water partition coefficient (Wildman–Crippen LogP) is 1.40. The quantitative estimate of drug-likeness (QED) is 0.446. The largest absolute Gasteiger partial charge is 0.367 e. The summed E-state index contributed by atoms with van der Waals surface area (Å²) in [6, 6.07) is 8.31. The van der Waals surface area contributed by atoms with E-state index in [2.05, 4.69) is 20.9 Å². The first-order valence-corrected chi connectivity index (χ1v) is 10.8. The molecule has 180 valence electrons. The number of nitrogens with zero attached hydrogens (tertiary/aromatic N) is 2. The molecule has 0 saturated heterocycles. The fourth-order valence-electron chi connectivity index (χ4n) is 3.64. The van der Waals surface area contributed by atoms with Crippen LogP contribution in [0.15, 0.2) is 41.4 Å². The number of carbonyl (C=O) groups excluding carboxylic acids is 3. The molecule has 11 heteroatoms. The number of nitrogens with one attached hydrogen (secondary N) is 3. The highest BCUT2D eigenvalue weighted by Gasteiger charge is 2.49. The third-order valence-corrected chi connectivity index (χ3v) is 5.76.